The van der Waals surface area contributed by atoms with E-state index >= 15 is 0 Å². The number of nitrogens with one attached hydrogen (secondary N) is 1. The zero-order chi connectivity index (χ0) is 15.2. The van der Waals surface area contributed by atoms with Crippen LogP contribution in [0.3, 0.4) is 0 Å². The Bertz CT molecular complexity index is 708. The highest BCUT2D eigenvalue weighted by atomic mass is 16.4. The maximum absolute atomic E-state index is 11.8. The molecule has 0 aliphatic heterocycles. The molecule has 0 radical (unpaired) electrons. The molecule has 0 aliphatic rings. The maximum atomic E-state index is 11.8. The number of rotatable bonds is 4. The molecule has 0 unspecified atom stereocenters. The third-order valence-electron chi connectivity index (χ3n) is 2.72. The summed E-state index contributed by atoms with van der Waals surface area (Å²) in [6.07, 6.45) is 4.43. The molecule has 106 valence electrons. The van der Waals surface area contributed by atoms with Gasteiger partial charge >= 0.3 is 5.97 Å². The minimum Gasteiger partial charge on any atom is -0.477 e. The van der Waals surface area contributed by atoms with E-state index in [1.54, 1.807) is 6.08 Å². The lowest BCUT2D eigenvalue weighted by atomic mass is 10.1. The molecule has 5 heteroatoms. The summed E-state index contributed by atoms with van der Waals surface area (Å²) in [5.41, 5.74) is 2.31. The molecule has 0 saturated carbocycles. The van der Waals surface area contributed by atoms with Crippen molar-refractivity contribution in [1.29, 1.82) is 0 Å². The Morgan fingerprint density at radius 3 is 2.76 bits per heavy atom. The number of aryl methyl sites for hydroxylation is 1. The van der Waals surface area contributed by atoms with Crippen LogP contribution < -0.4 is 5.32 Å². The number of carbonyl (C=O) groups is 2. The number of carbonyl (C=O) groups excluding carboxylic acids is 1. The van der Waals surface area contributed by atoms with Crippen LogP contribution >= 0.6 is 0 Å². The molecule has 2 aromatic rings. The molecule has 2 rings (SSSR count). The minimum absolute atomic E-state index is 0.115. The Kier molecular flexibility index (Phi) is 4.46. The van der Waals surface area contributed by atoms with Gasteiger partial charge in [-0.1, -0.05) is 29.8 Å². The lowest BCUT2D eigenvalue weighted by Crippen LogP contribution is -2.09. The van der Waals surface area contributed by atoms with E-state index in [-0.39, 0.29) is 11.6 Å². The lowest BCUT2D eigenvalue weighted by Gasteiger charge is -2.02. The van der Waals surface area contributed by atoms with Crippen LogP contribution in [0.2, 0.25) is 0 Å². The number of hydrogen-bond acceptors (Lipinski definition) is 3. The van der Waals surface area contributed by atoms with Crippen LogP contribution in [0.1, 0.15) is 21.6 Å². The molecule has 21 heavy (non-hydrogen) atoms. The average molecular weight is 282 g/mol. The number of hydrogen-bond donors (Lipinski definition) is 2. The van der Waals surface area contributed by atoms with E-state index in [9.17, 15) is 9.59 Å². The highest BCUT2D eigenvalue weighted by Crippen LogP contribution is 2.09. The number of benzene rings is 1. The number of pyridine rings is 1. The molecule has 2 N–H and O–H groups in total. The molecule has 1 heterocycles. The van der Waals surface area contributed by atoms with Gasteiger partial charge in [-0.2, -0.15) is 0 Å². The summed E-state index contributed by atoms with van der Waals surface area (Å²) in [7, 11) is 0. The van der Waals surface area contributed by atoms with Gasteiger partial charge in [-0.3, -0.25) is 4.79 Å². The van der Waals surface area contributed by atoms with Gasteiger partial charge in [-0.25, -0.2) is 9.78 Å². The van der Waals surface area contributed by atoms with Crippen LogP contribution in [0.15, 0.2) is 48.7 Å². The number of carboxylic acids is 1. The summed E-state index contributed by atoms with van der Waals surface area (Å²) in [6.45, 7) is 1.97. The first-order chi connectivity index (χ1) is 10.0. The largest absolute Gasteiger partial charge is 0.477 e. The van der Waals surface area contributed by atoms with Gasteiger partial charge in [0.25, 0.3) is 0 Å². The number of aromatic carboxylic acids is 1. The van der Waals surface area contributed by atoms with Crippen LogP contribution in [0, 0.1) is 6.92 Å². The molecule has 1 aromatic carbocycles. The Morgan fingerprint density at radius 1 is 1.24 bits per heavy atom. The third kappa shape index (κ3) is 4.28. The fourth-order valence-electron chi connectivity index (χ4n) is 1.75. The van der Waals surface area contributed by atoms with Gasteiger partial charge in [-0.15, -0.1) is 0 Å². The monoisotopic (exact) mass is 282 g/mol. The Hall–Kier alpha value is -2.95. The predicted octanol–water partition coefficient (Wildman–Crippen LogP) is 2.74. The van der Waals surface area contributed by atoms with E-state index in [0.29, 0.717) is 5.69 Å². The predicted molar refractivity (Wildman–Crippen MR) is 80.0 cm³/mol. The van der Waals surface area contributed by atoms with Crippen molar-refractivity contribution in [3.8, 4) is 0 Å². The topological polar surface area (TPSA) is 79.3 Å². The van der Waals surface area contributed by atoms with Crippen molar-refractivity contribution >= 4 is 23.6 Å². The normalized spacial score (nSPS) is 10.5. The fraction of sp³-hybridized carbons (Fsp3) is 0.0625. The third-order valence-corrected chi connectivity index (χ3v) is 2.72. The first kappa shape index (κ1) is 14.5. The number of nitrogens with zero attached hydrogens (tertiary/aromatic N) is 1. The van der Waals surface area contributed by atoms with Gasteiger partial charge in [0.1, 0.15) is 5.69 Å². The fourth-order valence-corrected chi connectivity index (χ4v) is 1.75. The van der Waals surface area contributed by atoms with Gasteiger partial charge in [-0.05, 0) is 30.7 Å². The lowest BCUT2D eigenvalue weighted by molar-refractivity contribution is -0.111. The molecular formula is C16H14N2O3. The van der Waals surface area contributed by atoms with Gasteiger partial charge in [0.05, 0.1) is 0 Å². The van der Waals surface area contributed by atoms with Crippen molar-refractivity contribution in [2.24, 2.45) is 0 Å². The Balaban J connectivity index is 2.05. The molecule has 0 aliphatic carbocycles. The summed E-state index contributed by atoms with van der Waals surface area (Å²) in [5, 5.41) is 11.4. The van der Waals surface area contributed by atoms with E-state index in [0.717, 1.165) is 11.1 Å². The van der Waals surface area contributed by atoms with E-state index in [2.05, 4.69) is 10.3 Å². The minimum atomic E-state index is -1.14. The molecule has 5 nitrogen and oxygen atoms in total. The van der Waals surface area contributed by atoms with E-state index in [1.807, 2.05) is 31.2 Å². The Labute approximate surface area is 122 Å². The summed E-state index contributed by atoms with van der Waals surface area (Å²) >= 11 is 0. The summed E-state index contributed by atoms with van der Waals surface area (Å²) in [5.74, 6) is -1.47. The van der Waals surface area contributed by atoms with E-state index in [4.69, 9.17) is 5.11 Å². The van der Waals surface area contributed by atoms with Crippen molar-refractivity contribution < 1.29 is 14.7 Å². The van der Waals surface area contributed by atoms with Gasteiger partial charge < -0.3 is 10.4 Å². The molecule has 0 fully saturated rings. The molecule has 0 atom stereocenters. The molecule has 1 amide bonds. The second-order valence-electron chi connectivity index (χ2n) is 4.47. The number of carboxylic acid groups (broad SMARTS) is 1. The summed E-state index contributed by atoms with van der Waals surface area (Å²) in [4.78, 5) is 26.3. The van der Waals surface area contributed by atoms with E-state index < -0.39 is 5.97 Å². The first-order valence-electron chi connectivity index (χ1n) is 6.30. The van der Waals surface area contributed by atoms with Gasteiger partial charge in [0.15, 0.2) is 0 Å². The maximum Gasteiger partial charge on any atom is 0.354 e. The highest BCUT2D eigenvalue weighted by molar-refractivity contribution is 6.02. The zero-order valence-electron chi connectivity index (χ0n) is 11.4. The second-order valence-corrected chi connectivity index (χ2v) is 4.47. The molecule has 0 spiro atoms. The molecule has 1 aromatic heterocycles. The smallest absolute Gasteiger partial charge is 0.354 e. The first-order valence-corrected chi connectivity index (χ1v) is 6.30. The van der Waals surface area contributed by atoms with Crippen LogP contribution in [0.4, 0.5) is 5.69 Å². The van der Waals surface area contributed by atoms with Crippen molar-refractivity contribution in [3.05, 3.63) is 65.5 Å². The van der Waals surface area contributed by atoms with Crippen molar-refractivity contribution in [2.75, 3.05) is 5.32 Å². The standard InChI is InChI=1S/C16H14N2O3/c1-11-3-2-4-12(9-11)5-6-15(19)18-13-7-8-17-14(10-13)16(20)21/h2-10H,1H3,(H,20,21)(H,17,18,19). The van der Waals surface area contributed by atoms with Crippen molar-refractivity contribution in [2.45, 2.75) is 6.92 Å². The summed E-state index contributed by atoms with van der Waals surface area (Å²) < 4.78 is 0. The molecular weight excluding hydrogens is 268 g/mol. The van der Waals surface area contributed by atoms with Gasteiger partial charge in [0.2, 0.25) is 5.91 Å². The van der Waals surface area contributed by atoms with Gasteiger partial charge in [0, 0.05) is 18.0 Å². The Morgan fingerprint density at radius 2 is 2.05 bits per heavy atom. The second kappa shape index (κ2) is 6.47. The number of amides is 1. The van der Waals surface area contributed by atoms with Crippen LogP contribution in [-0.2, 0) is 4.79 Å². The highest BCUT2D eigenvalue weighted by Gasteiger charge is 2.06. The van der Waals surface area contributed by atoms with Crippen LogP contribution in [0.5, 0.6) is 0 Å². The number of anilines is 1. The van der Waals surface area contributed by atoms with Crippen molar-refractivity contribution in [3.63, 3.8) is 0 Å². The number of aromatic nitrogens is 1. The zero-order valence-corrected chi connectivity index (χ0v) is 11.4. The quantitative estimate of drug-likeness (QED) is 0.845. The molecule has 0 saturated heterocycles. The SMILES string of the molecule is Cc1cccc(C=CC(=O)Nc2ccnc(C(=O)O)c2)c1. The summed E-state index contributed by atoms with van der Waals surface area (Å²) in [6, 6.07) is 10.6. The average Bonchev–Trinajstić information content (AvgIpc) is 2.45. The van der Waals surface area contributed by atoms with Crippen molar-refractivity contribution in [1.82, 2.24) is 4.98 Å². The van der Waals surface area contributed by atoms with E-state index in [1.165, 1.54) is 24.4 Å². The molecule has 0 bridgehead atoms. The van der Waals surface area contributed by atoms with Crippen LogP contribution in [0.25, 0.3) is 6.08 Å². The van der Waals surface area contributed by atoms with Crippen LogP contribution in [-0.4, -0.2) is 22.0 Å².